The highest BCUT2D eigenvalue weighted by Crippen LogP contribution is 2.63. The molecular weight excluding hydrogens is 709 g/mol. The first-order valence-electron chi connectivity index (χ1n) is 15.0. The van der Waals surface area contributed by atoms with E-state index >= 15 is 0 Å². The van der Waals surface area contributed by atoms with E-state index in [1.807, 2.05) is 61.5 Å². The minimum atomic E-state index is -6.04. The Hall–Kier alpha value is -2.72. The van der Waals surface area contributed by atoms with Gasteiger partial charge in [-0.05, 0) is 38.5 Å². The second-order valence-electron chi connectivity index (χ2n) is 11.7. The largest absolute Gasteiger partial charge is 0.756 e. The second kappa shape index (κ2) is 14.1. The first kappa shape index (κ1) is 36.1. The number of ether oxygens (including phenoxy) is 4. The van der Waals surface area contributed by atoms with Crippen LogP contribution in [0.4, 0.5) is 4.79 Å². The molecule has 2 fully saturated rings. The standard InChI is InChI=1S/C29H35N2O15P3/c1-17(2)44-48(35,36)46-49(37,38)45-47(33,34)39-16-23-25-26(43-24(42-25)13-19-9-5-4-6-10-19)28(41-23)31-15-21-14-22(40-27(21)30-29(31)32)20-11-7-8-18(3)12-20/h4-12,14-15,17,23-28H,13,16H2,1-3H3,(H,30,32)(H,33,34)(H,35,36)(H,37,38)/p-3/t23-,24?,25+,26?,27?,28-/m1/s1. The molecule has 4 heterocycles. The number of aryl methyl sites for hydroxylation is 1. The fourth-order valence-electron chi connectivity index (χ4n) is 5.60. The van der Waals surface area contributed by atoms with Gasteiger partial charge in [-0.3, -0.25) is 23.9 Å². The molecule has 0 saturated carbocycles. The lowest BCUT2D eigenvalue weighted by Gasteiger charge is -2.35. The maximum atomic E-state index is 13.4. The van der Waals surface area contributed by atoms with Crippen molar-refractivity contribution >= 4 is 35.3 Å². The summed E-state index contributed by atoms with van der Waals surface area (Å²) < 4.78 is 77.5. The van der Waals surface area contributed by atoms with Crippen LogP contribution in [0.5, 0.6) is 0 Å². The molecule has 0 radical (unpaired) electrons. The zero-order valence-corrected chi connectivity index (χ0v) is 28.9. The van der Waals surface area contributed by atoms with Gasteiger partial charge in [0.1, 0.15) is 24.1 Å². The third kappa shape index (κ3) is 8.78. The Morgan fingerprint density at radius 2 is 1.63 bits per heavy atom. The summed E-state index contributed by atoms with van der Waals surface area (Å²) in [7, 11) is -17.3. The SMILES string of the molecule is Cc1cccc(C2=CC3=CN([C@@H]4O[C@H](COP(=O)([O-])OP(=O)([O-])OP(=O)([O-])OC(C)C)[C@@H]5OC(Cc6ccccc6)OC54)C(=O)NC3O2)c1. The van der Waals surface area contributed by atoms with Crippen LogP contribution < -0.4 is 20.0 Å². The molecule has 1 N–H and O–H groups in total. The zero-order chi connectivity index (χ0) is 35.1. The van der Waals surface area contributed by atoms with Crippen molar-refractivity contribution in [3.63, 3.8) is 0 Å². The first-order chi connectivity index (χ1) is 23.1. The van der Waals surface area contributed by atoms with Crippen LogP contribution in [0.15, 0.2) is 72.4 Å². The van der Waals surface area contributed by atoms with Gasteiger partial charge in [-0.2, -0.15) is 0 Å². The summed E-state index contributed by atoms with van der Waals surface area (Å²) in [6.07, 6.45) is -3.38. The van der Waals surface area contributed by atoms with Crippen molar-refractivity contribution in [3.05, 3.63) is 89.1 Å². The lowest BCUT2D eigenvalue weighted by Crippen LogP contribution is -2.54. The Morgan fingerprint density at radius 3 is 2.35 bits per heavy atom. The Balaban J connectivity index is 1.19. The number of benzene rings is 2. The quantitative estimate of drug-likeness (QED) is 0.291. The van der Waals surface area contributed by atoms with Gasteiger partial charge < -0.3 is 42.7 Å². The molecule has 20 heteroatoms. The first-order valence-corrected chi connectivity index (χ1v) is 19.4. The van der Waals surface area contributed by atoms with E-state index < -0.39 is 79.3 Å². The van der Waals surface area contributed by atoms with E-state index in [4.69, 9.17) is 23.5 Å². The highest BCUT2D eigenvalue weighted by atomic mass is 31.3. The Kier molecular flexibility index (Phi) is 10.4. The van der Waals surface area contributed by atoms with Crippen LogP contribution in [0, 0.1) is 6.92 Å². The maximum Gasteiger partial charge on any atom is 0.326 e. The van der Waals surface area contributed by atoms with E-state index in [1.165, 1.54) is 24.9 Å². The number of urea groups is 1. The number of phosphoric acid groups is 3. The zero-order valence-electron chi connectivity index (χ0n) is 26.2. The predicted octanol–water partition coefficient (Wildman–Crippen LogP) is 2.56. The number of carbonyl (C=O) groups excluding carboxylic acids is 1. The average molecular weight is 741 g/mol. The van der Waals surface area contributed by atoms with Gasteiger partial charge in [0, 0.05) is 23.8 Å². The van der Waals surface area contributed by atoms with E-state index in [9.17, 15) is 33.2 Å². The molecule has 2 amide bonds. The minimum absolute atomic E-state index is 0.299. The van der Waals surface area contributed by atoms with Crippen LogP contribution in [-0.4, -0.2) is 60.7 Å². The maximum absolute atomic E-state index is 13.4. The van der Waals surface area contributed by atoms with Crippen LogP contribution in [0.25, 0.3) is 5.76 Å². The molecule has 0 bridgehead atoms. The molecule has 49 heavy (non-hydrogen) atoms. The molecule has 0 aromatic heterocycles. The fourth-order valence-corrected chi connectivity index (χ4v) is 9.14. The number of phosphoric ester groups is 2. The van der Waals surface area contributed by atoms with Crippen LogP contribution in [0.3, 0.4) is 0 Å². The summed E-state index contributed by atoms with van der Waals surface area (Å²) in [4.78, 5) is 50.9. The predicted molar refractivity (Wildman–Crippen MR) is 162 cm³/mol. The number of nitrogens with zero attached hydrogens (tertiary/aromatic N) is 1. The van der Waals surface area contributed by atoms with Crippen LogP contribution in [-0.2, 0) is 56.7 Å². The number of carbonyl (C=O) groups is 1. The van der Waals surface area contributed by atoms with Crippen molar-refractivity contribution < 1.29 is 69.8 Å². The Bertz CT molecular complexity index is 1770. The number of fused-ring (bicyclic) bond motifs is 2. The highest BCUT2D eigenvalue weighted by molar-refractivity contribution is 7.65. The molecule has 2 saturated heterocycles. The van der Waals surface area contributed by atoms with Gasteiger partial charge in [0.05, 0.1) is 12.7 Å². The van der Waals surface area contributed by atoms with E-state index in [0.29, 0.717) is 17.8 Å². The summed E-state index contributed by atoms with van der Waals surface area (Å²) in [5.74, 6) is 0.539. The number of hydrogen-bond donors (Lipinski definition) is 1. The molecule has 17 nitrogen and oxygen atoms in total. The van der Waals surface area contributed by atoms with Crippen molar-refractivity contribution in [1.82, 2.24) is 10.2 Å². The van der Waals surface area contributed by atoms with E-state index in [0.717, 1.165) is 16.7 Å². The van der Waals surface area contributed by atoms with Gasteiger partial charge in [-0.1, -0.05) is 54.1 Å². The number of nitrogens with one attached hydrogen (secondary N) is 1. The monoisotopic (exact) mass is 741 g/mol. The second-order valence-corrected chi connectivity index (χ2v) is 16.2. The molecule has 2 aromatic rings. The molecule has 0 spiro atoms. The van der Waals surface area contributed by atoms with Gasteiger partial charge in [0.25, 0.3) is 23.5 Å². The molecule has 0 aliphatic carbocycles. The highest BCUT2D eigenvalue weighted by Gasteiger charge is 2.56. The third-order valence-electron chi connectivity index (χ3n) is 7.48. The molecule has 6 unspecified atom stereocenters. The van der Waals surface area contributed by atoms with Crippen molar-refractivity contribution in [3.8, 4) is 0 Å². The van der Waals surface area contributed by atoms with Crippen LogP contribution in [0.2, 0.25) is 0 Å². The van der Waals surface area contributed by atoms with E-state index in [1.54, 1.807) is 6.08 Å². The van der Waals surface area contributed by atoms with Gasteiger partial charge in [0.2, 0.25) is 6.23 Å². The number of amides is 2. The van der Waals surface area contributed by atoms with Crippen molar-refractivity contribution in [2.24, 2.45) is 0 Å². The van der Waals surface area contributed by atoms with Gasteiger partial charge in [-0.25, -0.2) is 13.4 Å². The van der Waals surface area contributed by atoms with Gasteiger partial charge >= 0.3 is 6.03 Å². The lowest BCUT2D eigenvalue weighted by molar-refractivity contribution is -0.253. The van der Waals surface area contributed by atoms with E-state index in [2.05, 4.69) is 18.5 Å². The molecule has 4 aliphatic rings. The van der Waals surface area contributed by atoms with Crippen molar-refractivity contribution in [2.75, 3.05) is 6.61 Å². The van der Waals surface area contributed by atoms with Crippen molar-refractivity contribution in [1.29, 1.82) is 0 Å². The van der Waals surface area contributed by atoms with E-state index in [-0.39, 0.29) is 0 Å². The summed E-state index contributed by atoms with van der Waals surface area (Å²) in [6, 6.07) is 16.2. The number of hydrogen-bond acceptors (Lipinski definition) is 15. The molecule has 6 rings (SSSR count). The van der Waals surface area contributed by atoms with Crippen LogP contribution in [0.1, 0.15) is 30.5 Å². The van der Waals surface area contributed by atoms with Crippen molar-refractivity contribution in [2.45, 2.75) is 70.4 Å². The lowest BCUT2D eigenvalue weighted by atomic mass is 10.1. The van der Waals surface area contributed by atoms with Gasteiger partial charge in [-0.15, -0.1) is 0 Å². The summed E-state index contributed by atoms with van der Waals surface area (Å²) in [5, 5.41) is 2.76. The summed E-state index contributed by atoms with van der Waals surface area (Å²) in [6.45, 7) is 3.62. The molecule has 266 valence electrons. The van der Waals surface area contributed by atoms with Gasteiger partial charge in [0.15, 0.2) is 12.5 Å². The molecular formula is C29H32N2O15P3-3. The fraction of sp³-hybridized carbons (Fsp3) is 0.414. The summed E-state index contributed by atoms with van der Waals surface area (Å²) in [5.41, 5.74) is 3.29. The molecule has 9 atom stereocenters. The minimum Gasteiger partial charge on any atom is -0.756 e. The summed E-state index contributed by atoms with van der Waals surface area (Å²) >= 11 is 0. The third-order valence-corrected chi connectivity index (χ3v) is 11.8. The topological polar surface area (TPSA) is 227 Å². The smallest absolute Gasteiger partial charge is 0.326 e. The number of rotatable bonds is 13. The Labute approximate surface area is 281 Å². The molecule has 4 aliphatic heterocycles. The molecule has 2 aromatic carbocycles. The normalized spacial score (nSPS) is 29.9. The Morgan fingerprint density at radius 1 is 0.918 bits per heavy atom. The average Bonchev–Trinajstić information content (AvgIpc) is 3.68. The van der Waals surface area contributed by atoms with Crippen LogP contribution >= 0.6 is 23.5 Å².